The number of nitrogens with one attached hydrogen (secondary N) is 1. The zero-order chi connectivity index (χ0) is 16.0. The first-order valence-corrected chi connectivity index (χ1v) is 7.54. The van der Waals surface area contributed by atoms with E-state index in [0.717, 1.165) is 25.7 Å². The van der Waals surface area contributed by atoms with E-state index in [1.165, 1.54) is 0 Å². The second kappa shape index (κ2) is 7.43. The van der Waals surface area contributed by atoms with Crippen LogP contribution < -0.4 is 5.32 Å². The zero-order valence-electron chi connectivity index (χ0n) is 12.7. The van der Waals surface area contributed by atoms with E-state index in [2.05, 4.69) is 5.32 Å². The largest absolute Gasteiger partial charge is 0.481 e. The smallest absolute Gasteiger partial charge is 0.326 e. The summed E-state index contributed by atoms with van der Waals surface area (Å²) in [5.74, 6) is -2.78. The molecular formula is C15H25NO5. The highest BCUT2D eigenvalue weighted by Crippen LogP contribution is 2.38. The fraction of sp³-hybridized carbons (Fsp3) is 0.800. The molecule has 6 nitrogen and oxygen atoms in total. The number of aliphatic carboxylic acids is 2. The van der Waals surface area contributed by atoms with Gasteiger partial charge in [0.15, 0.2) is 0 Å². The van der Waals surface area contributed by atoms with Crippen LogP contribution in [0.15, 0.2) is 0 Å². The molecule has 1 aliphatic rings. The number of hydrogen-bond acceptors (Lipinski definition) is 3. The minimum atomic E-state index is -1.09. The lowest BCUT2D eigenvalue weighted by Crippen LogP contribution is -2.47. The lowest BCUT2D eigenvalue weighted by Gasteiger charge is -2.28. The highest BCUT2D eigenvalue weighted by molar-refractivity contribution is 5.88. The molecule has 0 heterocycles. The van der Waals surface area contributed by atoms with Crippen molar-refractivity contribution < 1.29 is 24.6 Å². The fourth-order valence-electron chi connectivity index (χ4n) is 2.92. The molecule has 0 saturated heterocycles. The first kappa shape index (κ1) is 17.5. The Balaban J connectivity index is 2.77. The van der Waals surface area contributed by atoms with Crippen LogP contribution in [0.4, 0.5) is 0 Å². The Morgan fingerprint density at radius 3 is 1.95 bits per heavy atom. The van der Waals surface area contributed by atoms with E-state index in [1.54, 1.807) is 13.8 Å². The predicted molar refractivity (Wildman–Crippen MR) is 76.8 cm³/mol. The third-order valence-corrected chi connectivity index (χ3v) is 4.26. The molecule has 0 aliphatic heterocycles. The van der Waals surface area contributed by atoms with Gasteiger partial charge >= 0.3 is 11.9 Å². The molecule has 1 amide bonds. The maximum Gasteiger partial charge on any atom is 0.326 e. The minimum absolute atomic E-state index is 0.140. The van der Waals surface area contributed by atoms with E-state index in [-0.39, 0.29) is 12.3 Å². The van der Waals surface area contributed by atoms with E-state index in [0.29, 0.717) is 12.8 Å². The molecule has 0 aromatic carbocycles. The van der Waals surface area contributed by atoms with E-state index in [1.807, 2.05) is 0 Å². The minimum Gasteiger partial charge on any atom is -0.481 e. The van der Waals surface area contributed by atoms with Crippen molar-refractivity contribution in [2.75, 3.05) is 0 Å². The summed E-state index contributed by atoms with van der Waals surface area (Å²) in [6, 6.07) is -0.978. The van der Waals surface area contributed by atoms with Gasteiger partial charge in [-0.15, -0.1) is 0 Å². The lowest BCUT2D eigenvalue weighted by molar-refractivity contribution is -0.153. The van der Waals surface area contributed by atoms with Crippen molar-refractivity contribution in [3.63, 3.8) is 0 Å². The second-order valence-corrected chi connectivity index (χ2v) is 6.30. The number of rotatable bonds is 6. The van der Waals surface area contributed by atoms with Crippen molar-refractivity contribution in [2.24, 2.45) is 11.3 Å². The quantitative estimate of drug-likeness (QED) is 0.651. The summed E-state index contributed by atoms with van der Waals surface area (Å²) in [5.41, 5.74) is -1.04. The Hall–Kier alpha value is -1.59. The van der Waals surface area contributed by atoms with Gasteiger partial charge in [-0.2, -0.15) is 0 Å². The predicted octanol–water partition coefficient (Wildman–Crippen LogP) is 2.03. The van der Waals surface area contributed by atoms with Gasteiger partial charge < -0.3 is 15.5 Å². The topological polar surface area (TPSA) is 104 Å². The normalized spacial score (nSPS) is 19.6. The fourth-order valence-corrected chi connectivity index (χ4v) is 2.92. The number of hydrogen-bond donors (Lipinski definition) is 3. The number of carboxylic acid groups (broad SMARTS) is 2. The van der Waals surface area contributed by atoms with Gasteiger partial charge in [-0.1, -0.05) is 39.5 Å². The summed E-state index contributed by atoms with van der Waals surface area (Å²) in [5, 5.41) is 21.1. The van der Waals surface area contributed by atoms with Gasteiger partial charge in [0.2, 0.25) is 5.91 Å². The highest BCUT2D eigenvalue weighted by atomic mass is 16.4. The van der Waals surface area contributed by atoms with Gasteiger partial charge in [0.1, 0.15) is 6.04 Å². The molecule has 0 bridgehead atoms. The average Bonchev–Trinajstić information content (AvgIpc) is 2.61. The summed E-state index contributed by atoms with van der Waals surface area (Å²) in [6.07, 6.45) is 4.39. The lowest BCUT2D eigenvalue weighted by atomic mass is 9.77. The Morgan fingerprint density at radius 1 is 1.05 bits per heavy atom. The van der Waals surface area contributed by atoms with Crippen molar-refractivity contribution in [1.82, 2.24) is 5.32 Å². The molecule has 1 atom stereocenters. The number of carbonyl (C=O) groups excluding carboxylic acids is 1. The summed E-state index contributed by atoms with van der Waals surface area (Å²) < 4.78 is 0. The van der Waals surface area contributed by atoms with Gasteiger partial charge in [-0.3, -0.25) is 9.59 Å². The molecule has 120 valence electrons. The SMILES string of the molecule is CC(C)C(NC(=O)CC1(C(=O)O)CCCCCC1)C(=O)O. The monoisotopic (exact) mass is 299 g/mol. The molecule has 1 unspecified atom stereocenters. The van der Waals surface area contributed by atoms with Crippen molar-refractivity contribution in [2.45, 2.75) is 64.8 Å². The molecule has 1 aliphatic carbocycles. The maximum atomic E-state index is 12.1. The molecule has 21 heavy (non-hydrogen) atoms. The van der Waals surface area contributed by atoms with Crippen LogP contribution in [-0.2, 0) is 14.4 Å². The van der Waals surface area contributed by atoms with E-state index < -0.39 is 29.3 Å². The Bertz CT molecular complexity index is 397. The van der Waals surface area contributed by atoms with Crippen LogP contribution in [0, 0.1) is 11.3 Å². The summed E-state index contributed by atoms with van der Waals surface area (Å²) in [4.78, 5) is 34.8. The third-order valence-electron chi connectivity index (χ3n) is 4.26. The van der Waals surface area contributed by atoms with E-state index in [9.17, 15) is 19.5 Å². The molecule has 0 radical (unpaired) electrons. The average molecular weight is 299 g/mol. The molecule has 0 spiro atoms. The van der Waals surface area contributed by atoms with Crippen molar-refractivity contribution >= 4 is 17.8 Å². The molecule has 3 N–H and O–H groups in total. The third kappa shape index (κ3) is 4.72. The molecule has 1 fully saturated rings. The van der Waals surface area contributed by atoms with Crippen LogP contribution in [0.5, 0.6) is 0 Å². The summed E-state index contributed by atoms with van der Waals surface area (Å²) in [7, 11) is 0. The van der Waals surface area contributed by atoms with Crippen molar-refractivity contribution in [3.8, 4) is 0 Å². The van der Waals surface area contributed by atoms with Gasteiger partial charge in [0.05, 0.1) is 5.41 Å². The van der Waals surface area contributed by atoms with E-state index >= 15 is 0 Å². The standard InChI is InChI=1S/C15H25NO5/c1-10(2)12(13(18)19)16-11(17)9-15(14(20)21)7-5-3-4-6-8-15/h10,12H,3-9H2,1-2H3,(H,16,17)(H,18,19)(H,20,21). The van der Waals surface area contributed by atoms with Crippen LogP contribution in [0.1, 0.15) is 58.8 Å². The van der Waals surface area contributed by atoms with E-state index in [4.69, 9.17) is 5.11 Å². The summed E-state index contributed by atoms with van der Waals surface area (Å²) >= 11 is 0. The summed E-state index contributed by atoms with van der Waals surface area (Å²) in [6.45, 7) is 3.41. The Kier molecular flexibility index (Phi) is 6.18. The van der Waals surface area contributed by atoms with Crippen LogP contribution in [0.25, 0.3) is 0 Å². The number of carbonyl (C=O) groups is 3. The highest BCUT2D eigenvalue weighted by Gasteiger charge is 2.41. The van der Waals surface area contributed by atoms with Gasteiger partial charge in [-0.25, -0.2) is 4.79 Å². The number of amides is 1. The zero-order valence-corrected chi connectivity index (χ0v) is 12.7. The maximum absolute atomic E-state index is 12.1. The van der Waals surface area contributed by atoms with Crippen LogP contribution >= 0.6 is 0 Å². The Labute approximate surface area is 124 Å². The van der Waals surface area contributed by atoms with Crippen LogP contribution in [0.2, 0.25) is 0 Å². The molecule has 6 heteroatoms. The second-order valence-electron chi connectivity index (χ2n) is 6.30. The van der Waals surface area contributed by atoms with Gasteiger partial charge in [-0.05, 0) is 18.8 Å². The van der Waals surface area contributed by atoms with Gasteiger partial charge in [0, 0.05) is 6.42 Å². The molecule has 0 aromatic heterocycles. The van der Waals surface area contributed by atoms with Crippen LogP contribution in [-0.4, -0.2) is 34.1 Å². The van der Waals surface area contributed by atoms with Crippen molar-refractivity contribution in [3.05, 3.63) is 0 Å². The molecule has 1 rings (SSSR count). The van der Waals surface area contributed by atoms with Crippen molar-refractivity contribution in [1.29, 1.82) is 0 Å². The van der Waals surface area contributed by atoms with Gasteiger partial charge in [0.25, 0.3) is 0 Å². The number of carboxylic acids is 2. The first-order chi connectivity index (χ1) is 9.78. The molecule has 1 saturated carbocycles. The molecule has 0 aromatic rings. The Morgan fingerprint density at radius 2 is 1.57 bits per heavy atom. The first-order valence-electron chi connectivity index (χ1n) is 7.54. The molecular weight excluding hydrogens is 274 g/mol. The van der Waals surface area contributed by atoms with Crippen LogP contribution in [0.3, 0.4) is 0 Å².